The Labute approximate surface area is 124 Å². The van der Waals surface area contributed by atoms with Crippen molar-refractivity contribution in [3.8, 4) is 0 Å². The molecule has 0 aliphatic carbocycles. The standard InChI is InChI=1S/C14H23ClN4O/c1-10(2)9-20-8-7-19-12(5-6-15)16-13-11(3)17-18(4)14(13)19/h10H,5-9H2,1-4H3. The van der Waals surface area contributed by atoms with Crippen LogP contribution < -0.4 is 0 Å². The molecular weight excluding hydrogens is 276 g/mol. The van der Waals surface area contributed by atoms with E-state index in [9.17, 15) is 0 Å². The fourth-order valence-corrected chi connectivity index (χ4v) is 2.53. The molecule has 0 spiro atoms. The number of aryl methyl sites for hydroxylation is 3. The van der Waals surface area contributed by atoms with Crippen molar-refractivity contribution in [3.63, 3.8) is 0 Å². The second-order valence-corrected chi connectivity index (χ2v) is 5.85. The van der Waals surface area contributed by atoms with Crippen molar-refractivity contribution in [2.24, 2.45) is 13.0 Å². The van der Waals surface area contributed by atoms with Crippen LogP contribution in [-0.2, 0) is 24.8 Å². The zero-order valence-corrected chi connectivity index (χ0v) is 13.4. The molecule has 0 amide bonds. The van der Waals surface area contributed by atoms with Gasteiger partial charge in [0.25, 0.3) is 0 Å². The lowest BCUT2D eigenvalue weighted by molar-refractivity contribution is 0.103. The zero-order chi connectivity index (χ0) is 14.7. The average Bonchev–Trinajstić information content (AvgIpc) is 2.85. The lowest BCUT2D eigenvalue weighted by atomic mass is 10.2. The van der Waals surface area contributed by atoms with Gasteiger partial charge in [-0.05, 0) is 12.8 Å². The van der Waals surface area contributed by atoms with Crippen LogP contribution in [0.5, 0.6) is 0 Å². The first-order valence-electron chi connectivity index (χ1n) is 7.07. The van der Waals surface area contributed by atoms with Crippen molar-refractivity contribution >= 4 is 22.8 Å². The van der Waals surface area contributed by atoms with Crippen LogP contribution >= 0.6 is 11.6 Å². The molecule has 0 aliphatic heterocycles. The van der Waals surface area contributed by atoms with Crippen LogP contribution in [0.25, 0.3) is 11.2 Å². The van der Waals surface area contributed by atoms with E-state index in [-0.39, 0.29) is 0 Å². The molecule has 5 nitrogen and oxygen atoms in total. The highest BCUT2D eigenvalue weighted by Crippen LogP contribution is 2.19. The summed E-state index contributed by atoms with van der Waals surface area (Å²) in [5, 5.41) is 4.43. The van der Waals surface area contributed by atoms with Crippen LogP contribution in [0.4, 0.5) is 0 Å². The number of nitrogens with zero attached hydrogens (tertiary/aromatic N) is 4. The Kier molecular flexibility index (Phi) is 5.05. The van der Waals surface area contributed by atoms with Gasteiger partial charge in [-0.15, -0.1) is 11.6 Å². The number of halogens is 1. The summed E-state index contributed by atoms with van der Waals surface area (Å²) in [6, 6.07) is 0. The maximum absolute atomic E-state index is 5.88. The van der Waals surface area contributed by atoms with Crippen molar-refractivity contribution in [2.75, 3.05) is 19.1 Å². The Morgan fingerprint density at radius 2 is 2.10 bits per heavy atom. The molecule has 0 radical (unpaired) electrons. The van der Waals surface area contributed by atoms with Crippen molar-refractivity contribution in [3.05, 3.63) is 11.5 Å². The summed E-state index contributed by atoms with van der Waals surface area (Å²) >= 11 is 5.88. The van der Waals surface area contributed by atoms with Gasteiger partial charge in [0.2, 0.25) is 0 Å². The summed E-state index contributed by atoms with van der Waals surface area (Å²) in [5.41, 5.74) is 2.98. The predicted octanol–water partition coefficient (Wildman–Crippen LogP) is 2.53. The molecule has 0 bridgehead atoms. The van der Waals surface area contributed by atoms with Crippen molar-refractivity contribution in [2.45, 2.75) is 33.7 Å². The molecule has 0 aromatic carbocycles. The van der Waals surface area contributed by atoms with E-state index in [1.54, 1.807) is 0 Å². The number of ether oxygens (including phenoxy) is 1. The molecule has 6 heteroatoms. The maximum atomic E-state index is 5.88. The molecule has 0 unspecified atom stereocenters. The van der Waals surface area contributed by atoms with Gasteiger partial charge in [-0.2, -0.15) is 5.10 Å². The van der Waals surface area contributed by atoms with E-state index in [0.29, 0.717) is 18.4 Å². The molecule has 0 saturated carbocycles. The Morgan fingerprint density at radius 1 is 1.35 bits per heavy atom. The molecule has 2 aromatic heterocycles. The fraction of sp³-hybridized carbons (Fsp3) is 0.714. The van der Waals surface area contributed by atoms with Crippen LogP contribution in [0, 0.1) is 12.8 Å². The number of hydrogen-bond acceptors (Lipinski definition) is 3. The predicted molar refractivity (Wildman–Crippen MR) is 81.3 cm³/mol. The first-order valence-corrected chi connectivity index (χ1v) is 7.60. The van der Waals surface area contributed by atoms with E-state index in [1.165, 1.54) is 0 Å². The lowest BCUT2D eigenvalue weighted by Crippen LogP contribution is -2.13. The highest BCUT2D eigenvalue weighted by atomic mass is 35.5. The second-order valence-electron chi connectivity index (χ2n) is 5.47. The molecule has 20 heavy (non-hydrogen) atoms. The first kappa shape index (κ1) is 15.3. The Morgan fingerprint density at radius 3 is 2.75 bits per heavy atom. The molecule has 0 aliphatic rings. The van der Waals surface area contributed by atoms with Crippen LogP contribution in [0.15, 0.2) is 0 Å². The van der Waals surface area contributed by atoms with Gasteiger partial charge in [0, 0.05) is 32.5 Å². The normalized spacial score (nSPS) is 11.9. The van der Waals surface area contributed by atoms with E-state index in [2.05, 4.69) is 28.5 Å². The monoisotopic (exact) mass is 298 g/mol. The molecule has 112 valence electrons. The van der Waals surface area contributed by atoms with Crippen LogP contribution in [0.2, 0.25) is 0 Å². The molecule has 2 heterocycles. The zero-order valence-electron chi connectivity index (χ0n) is 12.7. The number of fused-ring (bicyclic) bond motifs is 1. The molecule has 0 fully saturated rings. The van der Waals surface area contributed by atoms with Gasteiger partial charge in [-0.3, -0.25) is 4.68 Å². The van der Waals surface area contributed by atoms with Crippen LogP contribution in [0.1, 0.15) is 25.4 Å². The van der Waals surface area contributed by atoms with E-state index < -0.39 is 0 Å². The molecule has 2 aromatic rings. The van der Waals surface area contributed by atoms with E-state index in [4.69, 9.17) is 16.3 Å². The molecule has 2 rings (SSSR count). The van der Waals surface area contributed by atoms with Gasteiger partial charge < -0.3 is 9.30 Å². The minimum Gasteiger partial charge on any atom is -0.379 e. The third-order valence-electron chi connectivity index (χ3n) is 3.20. The smallest absolute Gasteiger partial charge is 0.158 e. The number of aromatic nitrogens is 4. The maximum Gasteiger partial charge on any atom is 0.158 e. The van der Waals surface area contributed by atoms with E-state index >= 15 is 0 Å². The third-order valence-corrected chi connectivity index (χ3v) is 3.39. The van der Waals surface area contributed by atoms with Crippen molar-refractivity contribution in [1.82, 2.24) is 19.3 Å². The van der Waals surface area contributed by atoms with Gasteiger partial charge in [-0.1, -0.05) is 13.8 Å². The minimum absolute atomic E-state index is 0.555. The average molecular weight is 299 g/mol. The number of hydrogen-bond donors (Lipinski definition) is 0. The summed E-state index contributed by atoms with van der Waals surface area (Å²) in [6.07, 6.45) is 0.764. The Hall–Kier alpha value is -1.07. The van der Waals surface area contributed by atoms with Gasteiger partial charge in [0.1, 0.15) is 11.3 Å². The highest BCUT2D eigenvalue weighted by Gasteiger charge is 2.16. The fourth-order valence-electron chi connectivity index (χ4n) is 2.37. The summed E-state index contributed by atoms with van der Waals surface area (Å²) in [7, 11) is 1.95. The van der Waals surface area contributed by atoms with Crippen LogP contribution in [-0.4, -0.2) is 38.4 Å². The highest BCUT2D eigenvalue weighted by molar-refractivity contribution is 6.17. The molecule has 0 saturated heterocycles. The first-order chi connectivity index (χ1) is 9.54. The lowest BCUT2D eigenvalue weighted by Gasteiger charge is -2.11. The van der Waals surface area contributed by atoms with E-state index in [1.807, 2.05) is 18.7 Å². The minimum atomic E-state index is 0.555. The Bertz CT molecular complexity index is 573. The van der Waals surface area contributed by atoms with Crippen LogP contribution in [0.3, 0.4) is 0 Å². The van der Waals surface area contributed by atoms with Gasteiger partial charge in [-0.25, -0.2) is 4.98 Å². The number of alkyl halides is 1. The summed E-state index contributed by atoms with van der Waals surface area (Å²) in [5.74, 6) is 2.14. The van der Waals surface area contributed by atoms with E-state index in [0.717, 1.165) is 42.3 Å². The number of rotatable bonds is 7. The summed E-state index contributed by atoms with van der Waals surface area (Å²) in [4.78, 5) is 4.68. The second kappa shape index (κ2) is 6.59. The topological polar surface area (TPSA) is 44.9 Å². The van der Waals surface area contributed by atoms with Gasteiger partial charge in [0.05, 0.1) is 12.3 Å². The molecule has 0 N–H and O–H groups in total. The largest absolute Gasteiger partial charge is 0.379 e. The third kappa shape index (κ3) is 3.15. The SMILES string of the molecule is Cc1nn(C)c2c1nc(CCCl)n2CCOCC(C)C. The Balaban J connectivity index is 2.21. The van der Waals surface area contributed by atoms with Crippen molar-refractivity contribution < 1.29 is 4.74 Å². The summed E-state index contributed by atoms with van der Waals surface area (Å²) in [6.45, 7) is 8.54. The van der Waals surface area contributed by atoms with Gasteiger partial charge in [0.15, 0.2) is 5.65 Å². The van der Waals surface area contributed by atoms with Crippen molar-refractivity contribution in [1.29, 1.82) is 0 Å². The van der Waals surface area contributed by atoms with Gasteiger partial charge >= 0.3 is 0 Å². The quantitative estimate of drug-likeness (QED) is 0.583. The summed E-state index contributed by atoms with van der Waals surface area (Å²) < 4.78 is 9.75. The molecular formula is C14H23ClN4O. The molecule has 0 atom stereocenters. The number of imidazole rings is 1.